The second-order valence-electron chi connectivity index (χ2n) is 6.29. The minimum Gasteiger partial charge on any atom is -0.342 e. The number of nitrogens with zero attached hydrogens (tertiary/aromatic N) is 1. The molecule has 1 N–H and O–H groups in total. The van der Waals surface area contributed by atoms with Gasteiger partial charge in [0.25, 0.3) is 0 Å². The van der Waals surface area contributed by atoms with Crippen LogP contribution in [0.15, 0.2) is 18.2 Å². The van der Waals surface area contributed by atoms with Crippen LogP contribution in [0.5, 0.6) is 0 Å². The maximum Gasteiger partial charge on any atom is 0.107 e. The molecule has 3 unspecified atom stereocenters. The molecule has 1 heterocycles. The zero-order chi connectivity index (χ0) is 12.1. The first-order chi connectivity index (χ1) is 8.79. The van der Waals surface area contributed by atoms with E-state index in [9.17, 15) is 0 Å². The Balaban J connectivity index is 1.61. The third-order valence-electron chi connectivity index (χ3n) is 5.10. The highest BCUT2D eigenvalue weighted by atomic mass is 14.9. The van der Waals surface area contributed by atoms with Gasteiger partial charge in [0.2, 0.25) is 0 Å². The van der Waals surface area contributed by atoms with Crippen LogP contribution in [0.1, 0.15) is 37.1 Å². The van der Waals surface area contributed by atoms with Gasteiger partial charge in [-0.2, -0.15) is 0 Å². The van der Waals surface area contributed by atoms with E-state index in [1.165, 1.54) is 42.6 Å². The molecule has 0 amide bonds. The second kappa shape index (κ2) is 3.84. The highest BCUT2D eigenvalue weighted by Crippen LogP contribution is 2.49. The molecule has 18 heavy (non-hydrogen) atoms. The first-order valence-electron chi connectivity index (χ1n) is 7.24. The zero-order valence-corrected chi connectivity index (χ0v) is 10.9. The highest BCUT2D eigenvalue weighted by Gasteiger charge is 2.39. The standard InChI is InChI=1S/C16H20N2/c1-10-3-2-4-14-16(10)18-15(17-14)9-13-8-11-5-6-12(13)7-11/h2-4,11-13H,5-9H2,1H3,(H,17,18). The van der Waals surface area contributed by atoms with E-state index in [4.69, 9.17) is 4.98 Å². The molecule has 2 bridgehead atoms. The highest BCUT2D eigenvalue weighted by molar-refractivity contribution is 5.78. The summed E-state index contributed by atoms with van der Waals surface area (Å²) in [5.41, 5.74) is 3.65. The number of benzene rings is 1. The van der Waals surface area contributed by atoms with E-state index in [0.29, 0.717) is 0 Å². The van der Waals surface area contributed by atoms with Crippen molar-refractivity contribution in [3.8, 4) is 0 Å². The predicted octanol–water partition coefficient (Wildman–Crippen LogP) is 3.85. The van der Waals surface area contributed by atoms with Crippen molar-refractivity contribution in [3.05, 3.63) is 29.6 Å². The second-order valence-corrected chi connectivity index (χ2v) is 6.29. The van der Waals surface area contributed by atoms with Crippen molar-refractivity contribution in [2.75, 3.05) is 0 Å². The normalized spacial score (nSPS) is 30.4. The average Bonchev–Trinajstić information content (AvgIpc) is 3.03. The lowest BCUT2D eigenvalue weighted by atomic mass is 9.86. The first-order valence-corrected chi connectivity index (χ1v) is 7.24. The van der Waals surface area contributed by atoms with E-state index in [0.717, 1.165) is 29.7 Å². The molecule has 2 aliphatic carbocycles. The Morgan fingerprint density at radius 3 is 2.94 bits per heavy atom. The summed E-state index contributed by atoms with van der Waals surface area (Å²) in [6.07, 6.45) is 7.05. The van der Waals surface area contributed by atoms with E-state index >= 15 is 0 Å². The van der Waals surface area contributed by atoms with Crippen LogP contribution in [0, 0.1) is 24.7 Å². The van der Waals surface area contributed by atoms with Crippen LogP contribution in [0.25, 0.3) is 11.0 Å². The first kappa shape index (κ1) is 10.6. The molecule has 2 heteroatoms. The van der Waals surface area contributed by atoms with Crippen molar-refractivity contribution in [2.45, 2.75) is 39.0 Å². The molecule has 0 spiro atoms. The molecule has 2 saturated carbocycles. The van der Waals surface area contributed by atoms with E-state index in [1.807, 2.05) is 0 Å². The van der Waals surface area contributed by atoms with Crippen molar-refractivity contribution < 1.29 is 0 Å². The Labute approximate surface area is 108 Å². The van der Waals surface area contributed by atoms with Gasteiger partial charge in [-0.15, -0.1) is 0 Å². The average molecular weight is 240 g/mol. The lowest BCUT2D eigenvalue weighted by Gasteiger charge is -2.20. The summed E-state index contributed by atoms with van der Waals surface area (Å²) in [5.74, 6) is 4.12. The third-order valence-corrected chi connectivity index (χ3v) is 5.10. The van der Waals surface area contributed by atoms with Crippen LogP contribution >= 0.6 is 0 Å². The van der Waals surface area contributed by atoms with E-state index in [2.05, 4.69) is 30.1 Å². The molecule has 2 fully saturated rings. The molecule has 94 valence electrons. The molecule has 4 rings (SSSR count). The molecule has 0 radical (unpaired) electrons. The van der Waals surface area contributed by atoms with Crippen LogP contribution in [-0.2, 0) is 6.42 Å². The van der Waals surface area contributed by atoms with Crippen LogP contribution in [0.2, 0.25) is 0 Å². The number of H-pyrrole nitrogens is 1. The Morgan fingerprint density at radius 2 is 2.22 bits per heavy atom. The Kier molecular flexibility index (Phi) is 2.26. The fourth-order valence-electron chi connectivity index (χ4n) is 4.20. The summed E-state index contributed by atoms with van der Waals surface area (Å²) in [4.78, 5) is 8.32. The molecule has 2 nitrogen and oxygen atoms in total. The lowest BCUT2D eigenvalue weighted by Crippen LogP contribution is -2.13. The molecule has 1 aromatic heterocycles. The zero-order valence-electron chi connectivity index (χ0n) is 10.9. The van der Waals surface area contributed by atoms with Gasteiger partial charge in [0.05, 0.1) is 11.0 Å². The van der Waals surface area contributed by atoms with E-state index in [-0.39, 0.29) is 0 Å². The fourth-order valence-corrected chi connectivity index (χ4v) is 4.20. The van der Waals surface area contributed by atoms with Crippen LogP contribution in [0.4, 0.5) is 0 Å². The largest absolute Gasteiger partial charge is 0.342 e. The summed E-state index contributed by atoms with van der Waals surface area (Å²) in [6, 6.07) is 6.39. The maximum absolute atomic E-state index is 4.80. The minimum atomic E-state index is 0.893. The van der Waals surface area contributed by atoms with Crippen molar-refractivity contribution in [3.63, 3.8) is 0 Å². The lowest BCUT2D eigenvalue weighted by molar-refractivity contribution is 0.327. The molecule has 0 saturated heterocycles. The van der Waals surface area contributed by atoms with Crippen LogP contribution in [-0.4, -0.2) is 9.97 Å². The molecule has 3 atom stereocenters. The third kappa shape index (κ3) is 1.58. The molecule has 2 aromatic rings. The van der Waals surface area contributed by atoms with Gasteiger partial charge in [-0.1, -0.05) is 18.6 Å². The number of hydrogen-bond donors (Lipinski definition) is 1. The van der Waals surface area contributed by atoms with Gasteiger partial charge in [0, 0.05) is 6.42 Å². The summed E-state index contributed by atoms with van der Waals surface area (Å²) in [7, 11) is 0. The molecule has 0 aliphatic heterocycles. The summed E-state index contributed by atoms with van der Waals surface area (Å²) < 4.78 is 0. The van der Waals surface area contributed by atoms with Crippen molar-refractivity contribution in [2.24, 2.45) is 17.8 Å². The van der Waals surface area contributed by atoms with E-state index in [1.54, 1.807) is 0 Å². The number of rotatable bonds is 2. The number of aryl methyl sites for hydroxylation is 1. The van der Waals surface area contributed by atoms with Gasteiger partial charge in [0.1, 0.15) is 5.82 Å². The fraction of sp³-hybridized carbons (Fsp3) is 0.562. The minimum absolute atomic E-state index is 0.893. The number of fused-ring (bicyclic) bond motifs is 3. The smallest absolute Gasteiger partial charge is 0.107 e. The Morgan fingerprint density at radius 1 is 1.28 bits per heavy atom. The van der Waals surface area contributed by atoms with Gasteiger partial charge in [-0.25, -0.2) is 4.98 Å². The van der Waals surface area contributed by atoms with Gasteiger partial charge in [-0.05, 0) is 55.6 Å². The quantitative estimate of drug-likeness (QED) is 0.848. The summed E-state index contributed by atoms with van der Waals surface area (Å²) in [5, 5.41) is 0. The number of nitrogens with one attached hydrogen (secondary N) is 1. The van der Waals surface area contributed by atoms with Crippen LogP contribution < -0.4 is 0 Å². The molecular formula is C16H20N2. The predicted molar refractivity (Wildman–Crippen MR) is 73.5 cm³/mol. The van der Waals surface area contributed by atoms with Crippen molar-refractivity contribution in [1.82, 2.24) is 9.97 Å². The number of para-hydroxylation sites is 1. The number of imidazole rings is 1. The summed E-state index contributed by atoms with van der Waals surface area (Å²) >= 11 is 0. The van der Waals surface area contributed by atoms with Gasteiger partial charge in [0.15, 0.2) is 0 Å². The number of hydrogen-bond acceptors (Lipinski definition) is 1. The SMILES string of the molecule is Cc1cccc2[nH]c(CC3CC4CCC3C4)nc12. The van der Waals surface area contributed by atoms with E-state index < -0.39 is 0 Å². The van der Waals surface area contributed by atoms with Crippen molar-refractivity contribution >= 4 is 11.0 Å². The monoisotopic (exact) mass is 240 g/mol. The van der Waals surface area contributed by atoms with Gasteiger partial charge in [-0.3, -0.25) is 0 Å². The van der Waals surface area contributed by atoms with Gasteiger partial charge < -0.3 is 4.98 Å². The molecule has 1 aromatic carbocycles. The van der Waals surface area contributed by atoms with Crippen molar-refractivity contribution in [1.29, 1.82) is 0 Å². The van der Waals surface area contributed by atoms with Crippen LogP contribution in [0.3, 0.4) is 0 Å². The Bertz CT molecular complexity index is 584. The topological polar surface area (TPSA) is 28.7 Å². The molecule has 2 aliphatic rings. The Hall–Kier alpha value is -1.31. The maximum atomic E-state index is 4.80. The number of aromatic amines is 1. The van der Waals surface area contributed by atoms with Gasteiger partial charge >= 0.3 is 0 Å². The summed E-state index contributed by atoms with van der Waals surface area (Å²) in [6.45, 7) is 2.14. The number of aromatic nitrogens is 2. The molecular weight excluding hydrogens is 220 g/mol.